The molecule has 0 spiro atoms. The highest BCUT2D eigenvalue weighted by atomic mass is 35.5. The molecule has 0 atom stereocenters. The van der Waals surface area contributed by atoms with Crippen molar-refractivity contribution in [2.75, 3.05) is 5.32 Å². The summed E-state index contributed by atoms with van der Waals surface area (Å²) in [7, 11) is 0. The zero-order valence-electron chi connectivity index (χ0n) is 12.2. The van der Waals surface area contributed by atoms with Gasteiger partial charge in [-0.1, -0.05) is 29.3 Å². The average molecular weight is 364 g/mol. The van der Waals surface area contributed by atoms with Gasteiger partial charge in [0, 0.05) is 18.5 Å². The second-order valence-electron chi connectivity index (χ2n) is 4.79. The van der Waals surface area contributed by atoms with Crippen LogP contribution in [-0.4, -0.2) is 25.5 Å². The fourth-order valence-corrected chi connectivity index (χ4v) is 2.35. The third-order valence-corrected chi connectivity index (χ3v) is 3.93. The fourth-order valence-electron chi connectivity index (χ4n) is 2.00. The Bertz CT molecular complexity index is 937. The highest BCUT2D eigenvalue weighted by Crippen LogP contribution is 2.29. The van der Waals surface area contributed by atoms with E-state index in [0.29, 0.717) is 16.5 Å². The van der Waals surface area contributed by atoms with Crippen molar-refractivity contribution >= 4 is 34.8 Å². The number of hydrogen-bond donors (Lipinski definition) is 1. The lowest BCUT2D eigenvalue weighted by Crippen LogP contribution is -2.30. The lowest BCUT2D eigenvalue weighted by Gasteiger charge is -2.09. The maximum Gasteiger partial charge on any atom is 0.267 e. The maximum atomic E-state index is 12.2. The summed E-state index contributed by atoms with van der Waals surface area (Å²) < 4.78 is 2.53. The smallest absolute Gasteiger partial charge is 0.267 e. The van der Waals surface area contributed by atoms with E-state index in [9.17, 15) is 9.59 Å². The van der Waals surface area contributed by atoms with E-state index in [1.807, 2.05) is 0 Å². The van der Waals surface area contributed by atoms with E-state index >= 15 is 0 Å². The minimum atomic E-state index is -0.452. The van der Waals surface area contributed by atoms with Crippen molar-refractivity contribution < 1.29 is 4.79 Å². The normalized spacial score (nSPS) is 10.6. The quantitative estimate of drug-likeness (QED) is 0.771. The van der Waals surface area contributed by atoms with Crippen LogP contribution in [0.2, 0.25) is 10.0 Å². The standard InChI is InChI=1S/C15H11Cl2N5O2/c16-10-3-1-4-11(15(10)17)19-13(23)9-22-14(24)6-5-12(20-22)21-8-2-7-18-21/h1-8H,9H2,(H,19,23). The molecule has 2 heterocycles. The van der Waals surface area contributed by atoms with Gasteiger partial charge in [-0.3, -0.25) is 9.59 Å². The second-order valence-corrected chi connectivity index (χ2v) is 5.57. The van der Waals surface area contributed by atoms with Crippen LogP contribution in [0, 0.1) is 0 Å². The Hall–Kier alpha value is -2.64. The largest absolute Gasteiger partial charge is 0.323 e. The number of nitrogens with one attached hydrogen (secondary N) is 1. The van der Waals surface area contributed by atoms with Crippen LogP contribution in [0.3, 0.4) is 0 Å². The topological polar surface area (TPSA) is 81.8 Å². The van der Waals surface area contributed by atoms with Crippen molar-refractivity contribution in [2.24, 2.45) is 0 Å². The van der Waals surface area contributed by atoms with Crippen molar-refractivity contribution in [1.29, 1.82) is 0 Å². The van der Waals surface area contributed by atoms with Crippen molar-refractivity contribution in [3.05, 3.63) is 69.2 Å². The predicted molar refractivity (Wildman–Crippen MR) is 90.7 cm³/mol. The van der Waals surface area contributed by atoms with E-state index in [0.717, 1.165) is 4.68 Å². The summed E-state index contributed by atoms with van der Waals surface area (Å²) in [5.74, 6) is -0.0282. The number of hydrogen-bond acceptors (Lipinski definition) is 4. The van der Waals surface area contributed by atoms with Crippen LogP contribution >= 0.6 is 23.2 Å². The molecule has 0 aliphatic heterocycles. The van der Waals surface area contributed by atoms with Crippen LogP contribution in [-0.2, 0) is 11.3 Å². The minimum Gasteiger partial charge on any atom is -0.323 e. The molecule has 0 saturated carbocycles. The molecule has 0 unspecified atom stereocenters. The third-order valence-electron chi connectivity index (χ3n) is 3.11. The van der Waals surface area contributed by atoms with Gasteiger partial charge in [0.1, 0.15) is 6.54 Å². The van der Waals surface area contributed by atoms with Gasteiger partial charge in [-0.25, -0.2) is 9.36 Å². The van der Waals surface area contributed by atoms with Gasteiger partial charge >= 0.3 is 0 Å². The summed E-state index contributed by atoms with van der Waals surface area (Å²) in [6, 6.07) is 9.46. The molecule has 24 heavy (non-hydrogen) atoms. The van der Waals surface area contributed by atoms with Gasteiger partial charge in [-0.15, -0.1) is 5.10 Å². The van der Waals surface area contributed by atoms with Gasteiger partial charge in [0.25, 0.3) is 5.56 Å². The van der Waals surface area contributed by atoms with Crippen LogP contribution in [0.1, 0.15) is 0 Å². The molecule has 7 nitrogen and oxygen atoms in total. The molecule has 9 heteroatoms. The number of nitrogens with zero attached hydrogens (tertiary/aromatic N) is 4. The predicted octanol–water partition coefficient (Wildman–Crippen LogP) is 2.37. The molecule has 0 saturated heterocycles. The summed E-state index contributed by atoms with van der Waals surface area (Å²) in [4.78, 5) is 24.1. The molecule has 1 amide bonds. The zero-order valence-corrected chi connectivity index (χ0v) is 13.7. The van der Waals surface area contributed by atoms with E-state index in [1.165, 1.54) is 16.8 Å². The summed E-state index contributed by atoms with van der Waals surface area (Å²) in [5.41, 5.74) is -0.0382. The molecule has 0 radical (unpaired) electrons. The van der Waals surface area contributed by atoms with Gasteiger partial charge in [-0.05, 0) is 24.3 Å². The molecule has 1 aromatic carbocycles. The molecule has 122 valence electrons. The average Bonchev–Trinajstić information content (AvgIpc) is 3.08. The second kappa shape index (κ2) is 6.86. The number of aromatic nitrogens is 4. The molecule has 2 aromatic heterocycles. The highest BCUT2D eigenvalue weighted by molar-refractivity contribution is 6.43. The molecule has 3 aromatic rings. The number of halogens is 2. The monoisotopic (exact) mass is 363 g/mol. The molecular weight excluding hydrogens is 353 g/mol. The van der Waals surface area contributed by atoms with E-state index in [-0.39, 0.29) is 11.6 Å². The first kappa shape index (κ1) is 16.2. The van der Waals surface area contributed by atoms with Crippen LogP contribution in [0.15, 0.2) is 53.6 Å². The molecular formula is C15H11Cl2N5O2. The lowest BCUT2D eigenvalue weighted by atomic mass is 10.3. The summed E-state index contributed by atoms with van der Waals surface area (Å²) in [6.45, 7) is -0.267. The van der Waals surface area contributed by atoms with Gasteiger partial charge < -0.3 is 5.32 Å². The Kier molecular flexibility index (Phi) is 4.64. The van der Waals surface area contributed by atoms with Crippen molar-refractivity contribution in [2.45, 2.75) is 6.54 Å². The van der Waals surface area contributed by atoms with Crippen molar-refractivity contribution in [3.63, 3.8) is 0 Å². The molecule has 0 aliphatic rings. The first-order valence-electron chi connectivity index (χ1n) is 6.86. The fraction of sp³-hybridized carbons (Fsp3) is 0.0667. The Morgan fingerprint density at radius 2 is 2.00 bits per heavy atom. The number of rotatable bonds is 4. The minimum absolute atomic E-state index is 0.234. The van der Waals surface area contributed by atoms with E-state index in [1.54, 1.807) is 36.7 Å². The van der Waals surface area contributed by atoms with Crippen molar-refractivity contribution in [1.82, 2.24) is 19.6 Å². The maximum absolute atomic E-state index is 12.2. The first-order valence-corrected chi connectivity index (χ1v) is 7.62. The van der Waals surface area contributed by atoms with Gasteiger partial charge in [-0.2, -0.15) is 5.10 Å². The van der Waals surface area contributed by atoms with Crippen LogP contribution in [0.5, 0.6) is 0 Å². The summed E-state index contributed by atoms with van der Waals surface area (Å²) in [5, 5.41) is 11.3. The lowest BCUT2D eigenvalue weighted by molar-refractivity contribution is -0.117. The number of benzene rings is 1. The highest BCUT2D eigenvalue weighted by Gasteiger charge is 2.11. The van der Waals surface area contributed by atoms with E-state index in [2.05, 4.69) is 15.5 Å². The Morgan fingerprint density at radius 1 is 1.17 bits per heavy atom. The summed E-state index contributed by atoms with van der Waals surface area (Å²) in [6.07, 6.45) is 3.27. The Morgan fingerprint density at radius 3 is 2.75 bits per heavy atom. The number of anilines is 1. The Balaban J connectivity index is 1.80. The number of carbonyl (C=O) groups excluding carboxylic acids is 1. The molecule has 0 bridgehead atoms. The Labute approximate surface area is 146 Å². The molecule has 3 rings (SSSR count). The van der Waals surface area contributed by atoms with Gasteiger partial charge in [0.05, 0.1) is 15.7 Å². The van der Waals surface area contributed by atoms with Gasteiger partial charge in [0.2, 0.25) is 5.91 Å². The summed E-state index contributed by atoms with van der Waals surface area (Å²) >= 11 is 11.9. The molecule has 0 aliphatic carbocycles. The van der Waals surface area contributed by atoms with E-state index in [4.69, 9.17) is 23.2 Å². The van der Waals surface area contributed by atoms with Crippen LogP contribution < -0.4 is 10.9 Å². The first-order chi connectivity index (χ1) is 11.5. The third kappa shape index (κ3) is 3.47. The SMILES string of the molecule is O=C(Cn1nc(-n2cccn2)ccc1=O)Nc1cccc(Cl)c1Cl. The number of amides is 1. The van der Waals surface area contributed by atoms with E-state index < -0.39 is 11.5 Å². The van der Waals surface area contributed by atoms with Crippen LogP contribution in [0.4, 0.5) is 5.69 Å². The molecule has 1 N–H and O–H groups in total. The van der Waals surface area contributed by atoms with Gasteiger partial charge in [0.15, 0.2) is 5.82 Å². The van der Waals surface area contributed by atoms with Crippen molar-refractivity contribution in [3.8, 4) is 5.82 Å². The molecule has 0 fully saturated rings. The van der Waals surface area contributed by atoms with Crippen LogP contribution in [0.25, 0.3) is 5.82 Å². The number of carbonyl (C=O) groups is 1. The zero-order chi connectivity index (χ0) is 17.1.